The summed E-state index contributed by atoms with van der Waals surface area (Å²) < 4.78 is 10.7. The van der Waals surface area contributed by atoms with Crippen molar-refractivity contribution in [1.29, 1.82) is 0 Å². The second-order valence-corrected chi connectivity index (χ2v) is 4.86. The van der Waals surface area contributed by atoms with E-state index in [0.717, 1.165) is 0 Å². The topological polar surface area (TPSA) is 79.2 Å². The Morgan fingerprint density at radius 2 is 2.06 bits per heavy atom. The summed E-state index contributed by atoms with van der Waals surface area (Å²) in [5.74, 6) is -0.303. The predicted octanol–water partition coefficient (Wildman–Crippen LogP) is -0.557. The third-order valence-electron chi connectivity index (χ3n) is 3.49. The molecule has 0 aromatic rings. The summed E-state index contributed by atoms with van der Waals surface area (Å²) >= 11 is 0. The first-order valence-corrected chi connectivity index (χ1v) is 6.13. The number of aliphatic hydroxyl groups is 2. The Balaban J connectivity index is 2.74. The molecule has 1 aliphatic rings. The molecular formula is C12H23NO5. The molecule has 6 heteroatoms. The van der Waals surface area contributed by atoms with Gasteiger partial charge in [-0.05, 0) is 5.92 Å². The van der Waals surface area contributed by atoms with Crippen LogP contribution in [-0.2, 0) is 14.3 Å². The highest BCUT2D eigenvalue weighted by Crippen LogP contribution is 2.33. The minimum Gasteiger partial charge on any atom is -0.396 e. The van der Waals surface area contributed by atoms with Gasteiger partial charge in [0, 0.05) is 46.6 Å². The van der Waals surface area contributed by atoms with Crippen LogP contribution >= 0.6 is 0 Å². The monoisotopic (exact) mass is 261 g/mol. The summed E-state index contributed by atoms with van der Waals surface area (Å²) in [5, 5.41) is 18.8. The number of ether oxygens (including phenoxy) is 2. The lowest BCUT2D eigenvalue weighted by Gasteiger charge is -2.40. The van der Waals surface area contributed by atoms with Gasteiger partial charge in [0.1, 0.15) is 0 Å². The van der Waals surface area contributed by atoms with Gasteiger partial charge >= 0.3 is 0 Å². The second-order valence-electron chi connectivity index (χ2n) is 4.86. The molecule has 0 unspecified atom stereocenters. The molecule has 18 heavy (non-hydrogen) atoms. The molecule has 1 rings (SSSR count). The summed E-state index contributed by atoms with van der Waals surface area (Å²) in [6, 6.07) is 0. The van der Waals surface area contributed by atoms with E-state index in [1.54, 1.807) is 14.1 Å². The fraction of sp³-hybridized carbons (Fsp3) is 0.917. The van der Waals surface area contributed by atoms with Gasteiger partial charge in [-0.3, -0.25) is 4.79 Å². The molecule has 6 nitrogen and oxygen atoms in total. The third kappa shape index (κ3) is 3.65. The van der Waals surface area contributed by atoms with Crippen molar-refractivity contribution >= 4 is 5.91 Å². The van der Waals surface area contributed by atoms with Crippen molar-refractivity contribution in [3.05, 3.63) is 0 Å². The van der Waals surface area contributed by atoms with Crippen LogP contribution in [0.4, 0.5) is 0 Å². The fourth-order valence-electron chi connectivity index (χ4n) is 2.30. The molecular weight excluding hydrogens is 238 g/mol. The Labute approximate surface area is 107 Å². The second kappa shape index (κ2) is 7.04. The van der Waals surface area contributed by atoms with Gasteiger partial charge in [-0.25, -0.2) is 0 Å². The number of amides is 1. The summed E-state index contributed by atoms with van der Waals surface area (Å²) in [7, 11) is 4.90. The summed E-state index contributed by atoms with van der Waals surface area (Å²) in [6.07, 6.45) is -0.0934. The van der Waals surface area contributed by atoms with E-state index < -0.39 is 12.4 Å². The highest BCUT2D eigenvalue weighted by molar-refractivity contribution is 5.75. The smallest absolute Gasteiger partial charge is 0.222 e. The van der Waals surface area contributed by atoms with Crippen LogP contribution in [0.2, 0.25) is 0 Å². The Hall–Kier alpha value is -0.690. The van der Waals surface area contributed by atoms with E-state index in [0.29, 0.717) is 6.42 Å². The Kier molecular flexibility index (Phi) is 6.01. The van der Waals surface area contributed by atoms with Crippen molar-refractivity contribution in [3.63, 3.8) is 0 Å². The minimum atomic E-state index is -0.468. The largest absolute Gasteiger partial charge is 0.396 e. The fourth-order valence-corrected chi connectivity index (χ4v) is 2.30. The van der Waals surface area contributed by atoms with Gasteiger partial charge in [0.05, 0.1) is 12.7 Å². The van der Waals surface area contributed by atoms with E-state index in [9.17, 15) is 15.0 Å². The zero-order valence-corrected chi connectivity index (χ0v) is 11.2. The average Bonchev–Trinajstić information content (AvgIpc) is 2.38. The van der Waals surface area contributed by atoms with Crippen molar-refractivity contribution in [3.8, 4) is 0 Å². The number of hydrogen-bond donors (Lipinski definition) is 2. The van der Waals surface area contributed by atoms with Crippen LogP contribution < -0.4 is 0 Å². The molecule has 0 saturated carbocycles. The van der Waals surface area contributed by atoms with Gasteiger partial charge in [0.2, 0.25) is 5.91 Å². The lowest BCUT2D eigenvalue weighted by Crippen LogP contribution is -2.46. The molecule has 0 aromatic heterocycles. The maximum atomic E-state index is 11.8. The minimum absolute atomic E-state index is 0.0311. The van der Waals surface area contributed by atoms with E-state index >= 15 is 0 Å². The number of methoxy groups -OCH3 is 1. The molecule has 1 amide bonds. The first-order chi connectivity index (χ1) is 8.53. The van der Waals surface area contributed by atoms with Crippen LogP contribution in [0.15, 0.2) is 0 Å². The van der Waals surface area contributed by atoms with Crippen LogP contribution in [0.5, 0.6) is 0 Å². The van der Waals surface area contributed by atoms with Crippen molar-refractivity contribution in [2.24, 2.45) is 11.8 Å². The molecule has 0 bridgehead atoms. The lowest BCUT2D eigenvalue weighted by molar-refractivity contribution is -0.226. The molecule has 1 aliphatic heterocycles. The quantitative estimate of drug-likeness (QED) is 0.694. The molecule has 1 fully saturated rings. The third-order valence-corrected chi connectivity index (χ3v) is 3.49. The zero-order valence-electron chi connectivity index (χ0n) is 11.2. The van der Waals surface area contributed by atoms with Crippen LogP contribution in [0.3, 0.4) is 0 Å². The van der Waals surface area contributed by atoms with E-state index in [2.05, 4.69) is 0 Å². The van der Waals surface area contributed by atoms with Crippen molar-refractivity contribution in [2.75, 3.05) is 34.4 Å². The van der Waals surface area contributed by atoms with Crippen LogP contribution in [-0.4, -0.2) is 67.8 Å². The van der Waals surface area contributed by atoms with Gasteiger partial charge in [-0.2, -0.15) is 0 Å². The van der Waals surface area contributed by atoms with Gasteiger partial charge in [0.15, 0.2) is 6.29 Å². The van der Waals surface area contributed by atoms with E-state index in [1.165, 1.54) is 12.0 Å². The Morgan fingerprint density at radius 3 is 2.50 bits per heavy atom. The first-order valence-electron chi connectivity index (χ1n) is 6.13. The van der Waals surface area contributed by atoms with E-state index in [1.807, 2.05) is 0 Å². The van der Waals surface area contributed by atoms with E-state index in [-0.39, 0.29) is 37.4 Å². The van der Waals surface area contributed by atoms with Gasteiger partial charge in [0.25, 0.3) is 0 Å². The molecule has 0 spiro atoms. The summed E-state index contributed by atoms with van der Waals surface area (Å²) in [4.78, 5) is 13.3. The standard InChI is InChI=1S/C12H23NO5/c1-13(2)11(16)5-9-8(6-14)4-12(17-3)18-10(9)7-15/h8-10,12,14-15H,4-7H2,1-3H3/t8-,9+,10-,12+/m0/s1. The highest BCUT2D eigenvalue weighted by atomic mass is 16.7. The number of aliphatic hydroxyl groups excluding tert-OH is 2. The SMILES string of the molecule is CO[C@H]1C[C@@H](CO)[C@@H](CC(=O)N(C)C)[C@H](CO)O1. The first kappa shape index (κ1) is 15.4. The molecule has 1 saturated heterocycles. The summed E-state index contributed by atoms with van der Waals surface area (Å²) in [5.41, 5.74) is 0. The van der Waals surface area contributed by atoms with Crippen molar-refractivity contribution in [2.45, 2.75) is 25.2 Å². The van der Waals surface area contributed by atoms with Gasteiger partial charge in [-0.1, -0.05) is 0 Å². The molecule has 0 aliphatic carbocycles. The number of carbonyl (C=O) groups excluding carboxylic acids is 1. The zero-order chi connectivity index (χ0) is 13.7. The van der Waals surface area contributed by atoms with Crippen molar-refractivity contribution < 1.29 is 24.5 Å². The Bertz CT molecular complexity index is 257. The average molecular weight is 261 g/mol. The summed E-state index contributed by atoms with van der Waals surface area (Å²) in [6.45, 7) is -0.215. The van der Waals surface area contributed by atoms with Crippen LogP contribution in [0, 0.1) is 11.8 Å². The van der Waals surface area contributed by atoms with Gasteiger partial charge in [-0.15, -0.1) is 0 Å². The molecule has 1 heterocycles. The van der Waals surface area contributed by atoms with E-state index in [4.69, 9.17) is 9.47 Å². The maximum absolute atomic E-state index is 11.8. The molecule has 2 N–H and O–H groups in total. The number of carbonyl (C=O) groups is 1. The Morgan fingerprint density at radius 1 is 1.39 bits per heavy atom. The van der Waals surface area contributed by atoms with Crippen LogP contribution in [0.25, 0.3) is 0 Å². The number of rotatable bonds is 5. The van der Waals surface area contributed by atoms with Gasteiger partial charge < -0.3 is 24.6 Å². The number of nitrogens with zero attached hydrogens (tertiary/aromatic N) is 1. The highest BCUT2D eigenvalue weighted by Gasteiger charge is 2.39. The molecule has 106 valence electrons. The molecule has 0 radical (unpaired) electrons. The van der Waals surface area contributed by atoms with Crippen LogP contribution in [0.1, 0.15) is 12.8 Å². The van der Waals surface area contributed by atoms with Crippen molar-refractivity contribution in [1.82, 2.24) is 4.90 Å². The number of hydrogen-bond acceptors (Lipinski definition) is 5. The lowest BCUT2D eigenvalue weighted by atomic mass is 9.81. The molecule has 4 atom stereocenters. The normalized spacial score (nSPS) is 32.3. The molecule has 0 aromatic carbocycles. The predicted molar refractivity (Wildman–Crippen MR) is 64.7 cm³/mol. The maximum Gasteiger partial charge on any atom is 0.222 e.